The van der Waals surface area contributed by atoms with Crippen LogP contribution in [-0.4, -0.2) is 24.7 Å². The number of halogens is 1. The molecular formula is C9H10ClNO3. The lowest BCUT2D eigenvalue weighted by Gasteiger charge is -2.05. The summed E-state index contributed by atoms with van der Waals surface area (Å²) in [5.41, 5.74) is 0.481. The van der Waals surface area contributed by atoms with Gasteiger partial charge in [0, 0.05) is 18.9 Å². The van der Waals surface area contributed by atoms with Crippen molar-refractivity contribution in [1.82, 2.24) is 0 Å². The first-order valence-electron chi connectivity index (χ1n) is 3.91. The highest BCUT2D eigenvalue weighted by molar-refractivity contribution is 6.32. The number of benzene rings is 1. The Balaban J connectivity index is 2.68. The van der Waals surface area contributed by atoms with Gasteiger partial charge >= 0.3 is 0 Å². The van der Waals surface area contributed by atoms with Crippen LogP contribution in [0.1, 0.15) is 0 Å². The minimum Gasteiger partial charge on any atom is -0.506 e. The topological polar surface area (TPSA) is 58.6 Å². The van der Waals surface area contributed by atoms with Gasteiger partial charge in [-0.3, -0.25) is 4.79 Å². The number of phenolic OH excluding ortho intramolecular Hbond substituents is 1. The summed E-state index contributed by atoms with van der Waals surface area (Å²) in [6.45, 7) is -0.0244. The summed E-state index contributed by atoms with van der Waals surface area (Å²) < 4.78 is 4.63. The molecule has 1 aromatic carbocycles. The molecule has 1 aromatic rings. The zero-order valence-electron chi connectivity index (χ0n) is 7.58. The van der Waals surface area contributed by atoms with Gasteiger partial charge in [-0.2, -0.15) is 0 Å². The van der Waals surface area contributed by atoms with Crippen molar-refractivity contribution in [3.63, 3.8) is 0 Å². The van der Waals surface area contributed by atoms with Crippen LogP contribution in [0.25, 0.3) is 0 Å². The van der Waals surface area contributed by atoms with Crippen molar-refractivity contribution in [3.05, 3.63) is 23.2 Å². The summed E-state index contributed by atoms with van der Waals surface area (Å²) in [5, 5.41) is 12.0. The highest BCUT2D eigenvalue weighted by atomic mass is 35.5. The number of anilines is 1. The van der Waals surface area contributed by atoms with E-state index in [9.17, 15) is 9.90 Å². The molecule has 0 saturated heterocycles. The molecule has 0 heterocycles. The number of amides is 1. The summed E-state index contributed by atoms with van der Waals surface area (Å²) in [6, 6.07) is 4.46. The maximum atomic E-state index is 11.1. The van der Waals surface area contributed by atoms with E-state index in [-0.39, 0.29) is 23.3 Å². The molecule has 1 amide bonds. The zero-order chi connectivity index (χ0) is 10.6. The molecule has 0 saturated carbocycles. The van der Waals surface area contributed by atoms with Crippen LogP contribution in [-0.2, 0) is 9.53 Å². The second kappa shape index (κ2) is 4.83. The van der Waals surface area contributed by atoms with Gasteiger partial charge in [-0.15, -0.1) is 0 Å². The van der Waals surface area contributed by atoms with Gasteiger partial charge in [-0.25, -0.2) is 0 Å². The Bertz CT molecular complexity index is 341. The van der Waals surface area contributed by atoms with Crippen LogP contribution in [0.15, 0.2) is 18.2 Å². The lowest BCUT2D eigenvalue weighted by molar-refractivity contribution is -0.119. The van der Waals surface area contributed by atoms with Crippen LogP contribution < -0.4 is 5.32 Å². The van der Waals surface area contributed by atoms with Crippen molar-refractivity contribution in [2.24, 2.45) is 0 Å². The fourth-order valence-corrected chi connectivity index (χ4v) is 1.04. The third-order valence-corrected chi connectivity index (χ3v) is 1.82. The van der Waals surface area contributed by atoms with Crippen LogP contribution in [0.4, 0.5) is 5.69 Å². The molecular weight excluding hydrogens is 206 g/mol. The smallest absolute Gasteiger partial charge is 0.250 e. The van der Waals surface area contributed by atoms with E-state index in [1.165, 1.54) is 19.2 Å². The number of phenols is 1. The Hall–Kier alpha value is -1.26. The first kappa shape index (κ1) is 10.8. The highest BCUT2D eigenvalue weighted by Crippen LogP contribution is 2.25. The van der Waals surface area contributed by atoms with Crippen molar-refractivity contribution >= 4 is 23.2 Å². The summed E-state index contributed by atoms with van der Waals surface area (Å²) in [7, 11) is 1.43. The molecule has 0 bridgehead atoms. The molecule has 0 atom stereocenters. The fourth-order valence-electron chi connectivity index (χ4n) is 0.919. The van der Waals surface area contributed by atoms with Crippen molar-refractivity contribution in [2.75, 3.05) is 19.0 Å². The van der Waals surface area contributed by atoms with Crippen molar-refractivity contribution in [1.29, 1.82) is 0 Å². The normalized spacial score (nSPS) is 9.86. The molecule has 14 heavy (non-hydrogen) atoms. The number of ether oxygens (including phenoxy) is 1. The molecule has 4 nitrogen and oxygen atoms in total. The lowest BCUT2D eigenvalue weighted by Crippen LogP contribution is -2.16. The van der Waals surface area contributed by atoms with E-state index in [0.717, 1.165) is 0 Å². The van der Waals surface area contributed by atoms with Crippen molar-refractivity contribution < 1.29 is 14.6 Å². The number of hydrogen-bond donors (Lipinski definition) is 2. The third-order valence-electron chi connectivity index (χ3n) is 1.51. The van der Waals surface area contributed by atoms with Crippen LogP contribution in [0, 0.1) is 0 Å². The van der Waals surface area contributed by atoms with Crippen LogP contribution >= 0.6 is 11.6 Å². The van der Waals surface area contributed by atoms with E-state index in [0.29, 0.717) is 5.69 Å². The van der Waals surface area contributed by atoms with Gasteiger partial charge in [0.2, 0.25) is 5.91 Å². The number of carbonyl (C=O) groups excluding carboxylic acids is 1. The maximum Gasteiger partial charge on any atom is 0.250 e. The molecule has 5 heteroatoms. The van der Waals surface area contributed by atoms with Gasteiger partial charge in [0.1, 0.15) is 12.4 Å². The van der Waals surface area contributed by atoms with E-state index in [4.69, 9.17) is 11.6 Å². The van der Waals surface area contributed by atoms with Gasteiger partial charge in [0.05, 0.1) is 5.02 Å². The molecule has 0 radical (unpaired) electrons. The molecule has 2 N–H and O–H groups in total. The first-order chi connectivity index (χ1) is 6.63. The second-order valence-corrected chi connectivity index (χ2v) is 3.05. The third kappa shape index (κ3) is 2.90. The Labute approximate surface area is 86.4 Å². The highest BCUT2D eigenvalue weighted by Gasteiger charge is 2.03. The Morgan fingerprint density at radius 1 is 1.64 bits per heavy atom. The first-order valence-corrected chi connectivity index (χ1v) is 4.28. The lowest BCUT2D eigenvalue weighted by atomic mass is 10.3. The fraction of sp³-hybridized carbons (Fsp3) is 0.222. The quantitative estimate of drug-likeness (QED) is 0.806. The Morgan fingerprint density at radius 2 is 2.36 bits per heavy atom. The summed E-state index contributed by atoms with van der Waals surface area (Å²) in [4.78, 5) is 11.1. The van der Waals surface area contributed by atoms with Crippen LogP contribution in [0.5, 0.6) is 5.75 Å². The van der Waals surface area contributed by atoms with E-state index < -0.39 is 0 Å². The van der Waals surface area contributed by atoms with Gasteiger partial charge in [-0.05, 0) is 12.1 Å². The molecule has 0 unspecified atom stereocenters. The predicted molar refractivity (Wildman–Crippen MR) is 53.6 cm³/mol. The largest absolute Gasteiger partial charge is 0.506 e. The monoisotopic (exact) mass is 215 g/mol. The van der Waals surface area contributed by atoms with E-state index in [2.05, 4.69) is 10.1 Å². The zero-order valence-corrected chi connectivity index (χ0v) is 8.34. The minimum absolute atomic E-state index is 0.0244. The molecule has 0 aliphatic rings. The minimum atomic E-state index is -0.283. The van der Waals surface area contributed by atoms with Crippen molar-refractivity contribution in [3.8, 4) is 5.75 Å². The van der Waals surface area contributed by atoms with E-state index in [1.807, 2.05) is 0 Å². The maximum absolute atomic E-state index is 11.1. The molecule has 0 spiro atoms. The molecule has 0 aliphatic heterocycles. The SMILES string of the molecule is COCC(=O)Nc1ccc(Cl)c(O)c1. The number of hydrogen-bond acceptors (Lipinski definition) is 3. The van der Waals surface area contributed by atoms with Gasteiger partial charge in [0.15, 0.2) is 0 Å². The molecule has 0 fully saturated rings. The number of carbonyl (C=O) groups is 1. The average molecular weight is 216 g/mol. The second-order valence-electron chi connectivity index (χ2n) is 2.65. The number of aromatic hydroxyl groups is 1. The summed E-state index contributed by atoms with van der Waals surface area (Å²) >= 11 is 5.59. The average Bonchev–Trinajstić information content (AvgIpc) is 2.12. The van der Waals surface area contributed by atoms with Gasteiger partial charge in [0.25, 0.3) is 0 Å². The predicted octanol–water partition coefficient (Wildman–Crippen LogP) is 1.63. The Kier molecular flexibility index (Phi) is 3.73. The number of methoxy groups -OCH3 is 1. The standard InChI is InChI=1S/C9H10ClNO3/c1-14-5-9(13)11-6-2-3-7(10)8(12)4-6/h2-4,12H,5H2,1H3,(H,11,13). The van der Waals surface area contributed by atoms with E-state index in [1.54, 1.807) is 6.07 Å². The molecule has 0 aliphatic carbocycles. The van der Waals surface area contributed by atoms with Gasteiger partial charge < -0.3 is 15.2 Å². The van der Waals surface area contributed by atoms with Gasteiger partial charge in [-0.1, -0.05) is 11.6 Å². The Morgan fingerprint density at radius 3 is 2.93 bits per heavy atom. The van der Waals surface area contributed by atoms with Crippen LogP contribution in [0.3, 0.4) is 0 Å². The molecule has 76 valence electrons. The van der Waals surface area contributed by atoms with E-state index >= 15 is 0 Å². The summed E-state index contributed by atoms with van der Waals surface area (Å²) in [6.07, 6.45) is 0. The number of rotatable bonds is 3. The summed E-state index contributed by atoms with van der Waals surface area (Å²) in [5.74, 6) is -0.351. The van der Waals surface area contributed by atoms with Crippen molar-refractivity contribution in [2.45, 2.75) is 0 Å². The molecule has 0 aromatic heterocycles. The molecule has 1 rings (SSSR count). The number of nitrogens with one attached hydrogen (secondary N) is 1. The van der Waals surface area contributed by atoms with Crippen LogP contribution in [0.2, 0.25) is 5.02 Å².